The Kier molecular flexibility index (Phi) is 3.21. The predicted octanol–water partition coefficient (Wildman–Crippen LogP) is 3.35. The van der Waals surface area contributed by atoms with Crippen LogP contribution in [-0.4, -0.2) is 11.3 Å². The highest BCUT2D eigenvalue weighted by Gasteiger charge is 2.40. The predicted molar refractivity (Wildman–Crippen MR) is 49.9 cm³/mol. The van der Waals surface area contributed by atoms with Gasteiger partial charge in [-0.1, -0.05) is 33.6 Å². The molecule has 1 N–H and O–H groups in total. The van der Waals surface area contributed by atoms with E-state index in [2.05, 4.69) is 15.9 Å². The van der Waals surface area contributed by atoms with E-state index in [9.17, 15) is 13.2 Å². The Balaban J connectivity index is 3.12. The number of alkyl halides is 3. The summed E-state index contributed by atoms with van der Waals surface area (Å²) in [6.45, 7) is 1.67. The van der Waals surface area contributed by atoms with Crippen molar-refractivity contribution in [1.82, 2.24) is 0 Å². The van der Waals surface area contributed by atoms with Crippen molar-refractivity contribution in [3.05, 3.63) is 33.8 Å². The van der Waals surface area contributed by atoms with E-state index < -0.39 is 12.3 Å². The van der Waals surface area contributed by atoms with Crippen LogP contribution in [0.1, 0.15) is 17.2 Å². The Bertz CT molecular complexity index is 335. The molecule has 0 aliphatic carbocycles. The third-order valence-electron chi connectivity index (χ3n) is 1.76. The lowest BCUT2D eigenvalue weighted by Gasteiger charge is -2.16. The fourth-order valence-electron chi connectivity index (χ4n) is 1.05. The van der Waals surface area contributed by atoms with E-state index in [0.717, 1.165) is 0 Å². The van der Waals surface area contributed by atoms with Crippen molar-refractivity contribution in [3.8, 4) is 0 Å². The van der Waals surface area contributed by atoms with Crippen molar-refractivity contribution in [1.29, 1.82) is 0 Å². The number of hydrogen-bond donors (Lipinski definition) is 1. The molecule has 1 unspecified atom stereocenters. The largest absolute Gasteiger partial charge is 0.418 e. The van der Waals surface area contributed by atoms with Gasteiger partial charge < -0.3 is 5.11 Å². The molecule has 0 fully saturated rings. The van der Waals surface area contributed by atoms with Gasteiger partial charge in [0.15, 0.2) is 6.10 Å². The fraction of sp³-hybridized carbons (Fsp3) is 0.333. The Morgan fingerprint density at radius 3 is 2.43 bits per heavy atom. The standard InChI is InChI=1S/C9H8BrF3O/c1-5-2-3-7(10)6(4-5)8(14)9(11,12)13/h2-4,8,14H,1H3. The van der Waals surface area contributed by atoms with Crippen LogP contribution < -0.4 is 0 Å². The van der Waals surface area contributed by atoms with Crippen LogP contribution >= 0.6 is 15.9 Å². The van der Waals surface area contributed by atoms with E-state index in [-0.39, 0.29) is 10.0 Å². The summed E-state index contributed by atoms with van der Waals surface area (Å²) >= 11 is 2.96. The molecule has 78 valence electrons. The summed E-state index contributed by atoms with van der Waals surface area (Å²) < 4.78 is 36.8. The number of aliphatic hydroxyl groups is 1. The van der Waals surface area contributed by atoms with Crippen LogP contribution in [0.25, 0.3) is 0 Å². The maximum Gasteiger partial charge on any atom is 0.418 e. The quantitative estimate of drug-likeness (QED) is 0.828. The lowest BCUT2D eigenvalue weighted by Crippen LogP contribution is -2.20. The van der Waals surface area contributed by atoms with Crippen LogP contribution in [0.3, 0.4) is 0 Å². The molecule has 5 heteroatoms. The summed E-state index contributed by atoms with van der Waals surface area (Å²) in [7, 11) is 0. The van der Waals surface area contributed by atoms with Gasteiger partial charge in [0, 0.05) is 10.0 Å². The fourth-order valence-corrected chi connectivity index (χ4v) is 1.51. The number of rotatable bonds is 1. The zero-order chi connectivity index (χ0) is 10.9. The summed E-state index contributed by atoms with van der Waals surface area (Å²) in [5.41, 5.74) is 0.518. The topological polar surface area (TPSA) is 20.2 Å². The number of aliphatic hydroxyl groups excluding tert-OH is 1. The molecular formula is C9H8BrF3O. The highest BCUT2D eigenvalue weighted by molar-refractivity contribution is 9.10. The zero-order valence-corrected chi connectivity index (χ0v) is 8.85. The van der Waals surface area contributed by atoms with Gasteiger partial charge in [0.25, 0.3) is 0 Å². The minimum absolute atomic E-state index is 0.155. The minimum Gasteiger partial charge on any atom is -0.379 e. The van der Waals surface area contributed by atoms with Crippen LogP contribution in [-0.2, 0) is 0 Å². The molecule has 1 nitrogen and oxygen atoms in total. The van der Waals surface area contributed by atoms with Gasteiger partial charge in [-0.3, -0.25) is 0 Å². The summed E-state index contributed by atoms with van der Waals surface area (Å²) in [6.07, 6.45) is -7.06. The number of benzene rings is 1. The third kappa shape index (κ3) is 2.48. The van der Waals surface area contributed by atoms with E-state index in [1.54, 1.807) is 13.0 Å². The van der Waals surface area contributed by atoms with E-state index in [1.165, 1.54) is 12.1 Å². The van der Waals surface area contributed by atoms with Crippen molar-refractivity contribution in [3.63, 3.8) is 0 Å². The maximum atomic E-state index is 12.2. The monoisotopic (exact) mass is 268 g/mol. The van der Waals surface area contributed by atoms with E-state index in [4.69, 9.17) is 5.11 Å². The smallest absolute Gasteiger partial charge is 0.379 e. The van der Waals surface area contributed by atoms with Gasteiger partial charge in [-0.25, -0.2) is 0 Å². The van der Waals surface area contributed by atoms with Crippen LogP contribution in [0, 0.1) is 6.92 Å². The SMILES string of the molecule is Cc1ccc(Br)c(C(O)C(F)(F)F)c1. The normalized spacial score (nSPS) is 14.1. The van der Waals surface area contributed by atoms with E-state index in [1.807, 2.05) is 0 Å². The van der Waals surface area contributed by atoms with Gasteiger partial charge in [-0.15, -0.1) is 0 Å². The molecule has 0 radical (unpaired) electrons. The van der Waals surface area contributed by atoms with Crippen molar-refractivity contribution >= 4 is 15.9 Å². The molecule has 1 aromatic rings. The lowest BCUT2D eigenvalue weighted by molar-refractivity contribution is -0.207. The second kappa shape index (κ2) is 3.90. The Labute approximate surface area is 87.7 Å². The van der Waals surface area contributed by atoms with Gasteiger partial charge in [0.2, 0.25) is 0 Å². The molecule has 1 atom stereocenters. The number of halogens is 4. The maximum absolute atomic E-state index is 12.2. The molecule has 0 aliphatic heterocycles. The molecule has 1 aromatic carbocycles. The first kappa shape index (κ1) is 11.5. The summed E-state index contributed by atoms with van der Waals surface area (Å²) in [5, 5.41) is 9.01. The van der Waals surface area contributed by atoms with Crippen LogP contribution in [0.15, 0.2) is 22.7 Å². The summed E-state index contributed by atoms with van der Waals surface area (Å²) in [4.78, 5) is 0. The van der Waals surface area contributed by atoms with Crippen LogP contribution in [0.5, 0.6) is 0 Å². The van der Waals surface area contributed by atoms with Crippen molar-refractivity contribution in [2.45, 2.75) is 19.2 Å². The zero-order valence-electron chi connectivity index (χ0n) is 7.27. The molecule has 0 heterocycles. The Hall–Kier alpha value is -0.550. The van der Waals surface area contributed by atoms with Gasteiger partial charge in [-0.05, 0) is 13.0 Å². The van der Waals surface area contributed by atoms with Gasteiger partial charge in [0.1, 0.15) is 0 Å². The average Bonchev–Trinajstić information content (AvgIpc) is 2.06. The van der Waals surface area contributed by atoms with Crippen molar-refractivity contribution in [2.24, 2.45) is 0 Å². The second-order valence-corrected chi connectivity index (χ2v) is 3.82. The first-order valence-electron chi connectivity index (χ1n) is 3.83. The second-order valence-electron chi connectivity index (χ2n) is 2.97. The van der Waals surface area contributed by atoms with Crippen molar-refractivity contribution in [2.75, 3.05) is 0 Å². The summed E-state index contributed by atoms with van der Waals surface area (Å²) in [5.74, 6) is 0. The molecule has 0 saturated carbocycles. The molecule has 1 rings (SSSR count). The van der Waals surface area contributed by atoms with Crippen molar-refractivity contribution < 1.29 is 18.3 Å². The van der Waals surface area contributed by atoms with E-state index in [0.29, 0.717) is 5.56 Å². The van der Waals surface area contributed by atoms with Gasteiger partial charge in [-0.2, -0.15) is 13.2 Å². The molecule has 0 bridgehead atoms. The molecule has 0 spiro atoms. The van der Waals surface area contributed by atoms with Gasteiger partial charge >= 0.3 is 6.18 Å². The summed E-state index contributed by atoms with van der Waals surface area (Å²) in [6, 6.07) is 4.46. The lowest BCUT2D eigenvalue weighted by atomic mass is 10.1. The Morgan fingerprint density at radius 2 is 1.93 bits per heavy atom. The molecular weight excluding hydrogens is 261 g/mol. The van der Waals surface area contributed by atoms with E-state index >= 15 is 0 Å². The first-order chi connectivity index (χ1) is 6.32. The molecule has 0 saturated heterocycles. The van der Waals surface area contributed by atoms with Gasteiger partial charge in [0.05, 0.1) is 0 Å². The van der Waals surface area contributed by atoms with Crippen LogP contribution in [0.4, 0.5) is 13.2 Å². The molecule has 14 heavy (non-hydrogen) atoms. The first-order valence-corrected chi connectivity index (χ1v) is 4.62. The number of hydrogen-bond acceptors (Lipinski definition) is 1. The average molecular weight is 269 g/mol. The Morgan fingerprint density at radius 1 is 1.36 bits per heavy atom. The number of aryl methyl sites for hydroxylation is 1. The molecule has 0 aliphatic rings. The highest BCUT2D eigenvalue weighted by Crippen LogP contribution is 2.36. The highest BCUT2D eigenvalue weighted by atomic mass is 79.9. The molecule has 0 aromatic heterocycles. The third-order valence-corrected chi connectivity index (χ3v) is 2.48. The molecule has 0 amide bonds. The van der Waals surface area contributed by atoms with Crippen LogP contribution in [0.2, 0.25) is 0 Å². The minimum atomic E-state index is -4.63.